The van der Waals surface area contributed by atoms with Gasteiger partial charge in [-0.1, -0.05) is 6.42 Å². The van der Waals surface area contributed by atoms with Gasteiger partial charge in [0.2, 0.25) is 0 Å². The number of amides is 1. The van der Waals surface area contributed by atoms with Crippen LogP contribution in [0, 0.1) is 0 Å². The van der Waals surface area contributed by atoms with Crippen LogP contribution in [0.1, 0.15) is 52.4 Å². The average molecular weight is 354 g/mol. The number of guanidine groups is 1. The number of rotatable bonds is 6. The fraction of sp³-hybridized carbons (Fsp3) is 0.889. The molecule has 1 atom stereocenters. The Kier molecular flexibility index (Phi) is 8.31. The van der Waals surface area contributed by atoms with Crippen LogP contribution in [0.4, 0.5) is 4.79 Å². The first kappa shape index (κ1) is 19.8. The summed E-state index contributed by atoms with van der Waals surface area (Å²) in [4.78, 5) is 20.5. The van der Waals surface area contributed by atoms with Crippen LogP contribution in [0.25, 0.3) is 0 Å². The smallest absolute Gasteiger partial charge is 0.409 e. The van der Waals surface area contributed by atoms with E-state index < -0.39 is 0 Å². The summed E-state index contributed by atoms with van der Waals surface area (Å²) in [5.74, 6) is 0.529. The minimum atomic E-state index is -0.213. The van der Waals surface area contributed by atoms with Gasteiger partial charge in [0.15, 0.2) is 5.96 Å². The Morgan fingerprint density at radius 2 is 2.00 bits per heavy atom. The molecule has 2 aliphatic rings. The van der Waals surface area contributed by atoms with E-state index in [1.54, 1.807) is 4.90 Å². The van der Waals surface area contributed by atoms with Gasteiger partial charge in [0.05, 0.1) is 6.61 Å². The summed E-state index contributed by atoms with van der Waals surface area (Å²) in [6, 6.07) is 0.995. The minimum Gasteiger partial charge on any atom is -0.450 e. The van der Waals surface area contributed by atoms with Crippen LogP contribution in [-0.4, -0.2) is 73.3 Å². The fourth-order valence-electron chi connectivity index (χ4n) is 3.64. The number of piperidine rings is 2. The average Bonchev–Trinajstić information content (AvgIpc) is 2.61. The Labute approximate surface area is 152 Å². The van der Waals surface area contributed by atoms with E-state index in [1.807, 2.05) is 6.92 Å². The lowest BCUT2D eigenvalue weighted by Crippen LogP contribution is -2.48. The molecular weight excluding hydrogens is 318 g/mol. The lowest BCUT2D eigenvalue weighted by Gasteiger charge is -2.33. The minimum absolute atomic E-state index is 0.213. The number of likely N-dealkylation sites (tertiary alicyclic amines) is 2. The highest BCUT2D eigenvalue weighted by Gasteiger charge is 2.23. The predicted molar refractivity (Wildman–Crippen MR) is 101 cm³/mol. The third-order valence-electron chi connectivity index (χ3n) is 5.20. The molecule has 2 aliphatic heterocycles. The Balaban J connectivity index is 1.60. The molecule has 0 aromatic heterocycles. The molecule has 1 amide bonds. The number of aliphatic imine (C=N–C) groups is 1. The molecule has 0 saturated carbocycles. The Morgan fingerprint density at radius 3 is 2.68 bits per heavy atom. The molecule has 7 heteroatoms. The van der Waals surface area contributed by atoms with Crippen molar-refractivity contribution in [1.29, 1.82) is 0 Å². The van der Waals surface area contributed by atoms with Gasteiger partial charge in [0.25, 0.3) is 0 Å². The normalized spacial score (nSPS) is 23.5. The zero-order valence-electron chi connectivity index (χ0n) is 15.9. The maximum absolute atomic E-state index is 11.7. The number of carbonyl (C=O) groups is 1. The lowest BCUT2D eigenvalue weighted by atomic mass is 10.0. The second kappa shape index (κ2) is 10.5. The SMILES string of the molecule is CCOC(=O)N1CCC(NC(N)=NCCCN2CCCCC2C)CC1. The second-order valence-corrected chi connectivity index (χ2v) is 7.11. The van der Waals surface area contributed by atoms with E-state index in [-0.39, 0.29) is 12.1 Å². The molecule has 0 aromatic rings. The summed E-state index contributed by atoms with van der Waals surface area (Å²) >= 11 is 0. The Morgan fingerprint density at radius 1 is 1.24 bits per heavy atom. The predicted octanol–water partition coefficient (Wildman–Crippen LogP) is 1.78. The van der Waals surface area contributed by atoms with Crippen molar-refractivity contribution in [1.82, 2.24) is 15.1 Å². The zero-order chi connectivity index (χ0) is 18.1. The van der Waals surface area contributed by atoms with Gasteiger partial charge in [0, 0.05) is 38.3 Å². The van der Waals surface area contributed by atoms with Gasteiger partial charge in [0.1, 0.15) is 0 Å². The monoisotopic (exact) mass is 353 g/mol. The first-order valence-electron chi connectivity index (χ1n) is 9.82. The van der Waals surface area contributed by atoms with E-state index in [1.165, 1.54) is 25.8 Å². The molecule has 0 aromatic carbocycles. The third-order valence-corrected chi connectivity index (χ3v) is 5.20. The van der Waals surface area contributed by atoms with Gasteiger partial charge in [-0.25, -0.2) is 4.79 Å². The van der Waals surface area contributed by atoms with E-state index in [0.29, 0.717) is 31.7 Å². The first-order chi connectivity index (χ1) is 12.1. The Hall–Kier alpha value is -1.50. The van der Waals surface area contributed by atoms with Gasteiger partial charge < -0.3 is 25.6 Å². The molecule has 0 radical (unpaired) electrons. The van der Waals surface area contributed by atoms with Crippen LogP contribution in [0.5, 0.6) is 0 Å². The summed E-state index contributed by atoms with van der Waals surface area (Å²) in [6.45, 7) is 9.08. The highest BCUT2D eigenvalue weighted by molar-refractivity contribution is 5.78. The highest BCUT2D eigenvalue weighted by atomic mass is 16.6. The zero-order valence-corrected chi connectivity index (χ0v) is 15.9. The van der Waals surface area contributed by atoms with Crippen molar-refractivity contribution in [2.75, 3.05) is 39.3 Å². The van der Waals surface area contributed by atoms with Crippen molar-refractivity contribution < 1.29 is 9.53 Å². The standard InChI is InChI=1S/C18H35N5O2/c1-3-25-18(24)23-13-8-16(9-14-23)21-17(19)20-10-6-12-22-11-5-4-7-15(22)2/h15-16H,3-14H2,1-2H3,(H3,19,20,21). The Bertz CT molecular complexity index is 435. The second-order valence-electron chi connectivity index (χ2n) is 7.11. The molecule has 2 fully saturated rings. The molecule has 2 heterocycles. The quantitative estimate of drug-likeness (QED) is 0.432. The van der Waals surface area contributed by atoms with Crippen molar-refractivity contribution in [2.24, 2.45) is 10.7 Å². The van der Waals surface area contributed by atoms with E-state index >= 15 is 0 Å². The summed E-state index contributed by atoms with van der Waals surface area (Å²) in [6.07, 6.45) is 6.59. The molecule has 1 unspecified atom stereocenters. The van der Waals surface area contributed by atoms with Gasteiger partial charge in [-0.2, -0.15) is 0 Å². The number of nitrogens with one attached hydrogen (secondary N) is 1. The molecule has 7 nitrogen and oxygen atoms in total. The van der Waals surface area contributed by atoms with Crippen molar-refractivity contribution >= 4 is 12.1 Å². The van der Waals surface area contributed by atoms with Crippen molar-refractivity contribution in [3.63, 3.8) is 0 Å². The molecule has 2 rings (SSSR count). The van der Waals surface area contributed by atoms with Crippen LogP contribution >= 0.6 is 0 Å². The first-order valence-corrected chi connectivity index (χ1v) is 9.82. The number of nitrogens with zero attached hydrogens (tertiary/aromatic N) is 3. The van der Waals surface area contributed by atoms with Crippen LogP contribution in [0.15, 0.2) is 4.99 Å². The van der Waals surface area contributed by atoms with Crippen LogP contribution in [-0.2, 0) is 4.74 Å². The number of ether oxygens (including phenoxy) is 1. The lowest BCUT2D eigenvalue weighted by molar-refractivity contribution is 0.0963. The molecule has 2 saturated heterocycles. The van der Waals surface area contributed by atoms with E-state index in [9.17, 15) is 4.79 Å². The highest BCUT2D eigenvalue weighted by Crippen LogP contribution is 2.16. The molecule has 0 spiro atoms. The van der Waals surface area contributed by atoms with Crippen molar-refractivity contribution in [3.05, 3.63) is 0 Å². The van der Waals surface area contributed by atoms with Crippen molar-refractivity contribution in [3.8, 4) is 0 Å². The molecular formula is C18H35N5O2. The summed E-state index contributed by atoms with van der Waals surface area (Å²) in [5.41, 5.74) is 6.01. The summed E-state index contributed by atoms with van der Waals surface area (Å²) in [7, 11) is 0. The maximum Gasteiger partial charge on any atom is 0.409 e. The number of hydrogen-bond donors (Lipinski definition) is 2. The fourth-order valence-corrected chi connectivity index (χ4v) is 3.64. The van der Waals surface area contributed by atoms with Gasteiger partial charge in [-0.15, -0.1) is 0 Å². The maximum atomic E-state index is 11.7. The molecule has 25 heavy (non-hydrogen) atoms. The number of hydrogen-bond acceptors (Lipinski definition) is 4. The van der Waals surface area contributed by atoms with Gasteiger partial charge in [-0.3, -0.25) is 4.99 Å². The van der Waals surface area contributed by atoms with Gasteiger partial charge >= 0.3 is 6.09 Å². The van der Waals surface area contributed by atoms with E-state index in [0.717, 1.165) is 32.4 Å². The molecule has 144 valence electrons. The van der Waals surface area contributed by atoms with Crippen LogP contribution < -0.4 is 11.1 Å². The summed E-state index contributed by atoms with van der Waals surface area (Å²) < 4.78 is 5.03. The third kappa shape index (κ3) is 6.72. The topological polar surface area (TPSA) is 83.2 Å². The largest absolute Gasteiger partial charge is 0.450 e. The van der Waals surface area contributed by atoms with Crippen molar-refractivity contribution in [2.45, 2.75) is 64.5 Å². The molecule has 3 N–H and O–H groups in total. The van der Waals surface area contributed by atoms with E-state index in [4.69, 9.17) is 10.5 Å². The molecule has 0 bridgehead atoms. The number of carbonyl (C=O) groups excluding carboxylic acids is 1. The van der Waals surface area contributed by atoms with Crippen LogP contribution in [0.3, 0.4) is 0 Å². The molecule has 0 aliphatic carbocycles. The number of nitrogens with two attached hydrogens (primary N) is 1. The van der Waals surface area contributed by atoms with Gasteiger partial charge in [-0.05, 0) is 52.5 Å². The van der Waals surface area contributed by atoms with Crippen LogP contribution in [0.2, 0.25) is 0 Å². The summed E-state index contributed by atoms with van der Waals surface area (Å²) in [5, 5.41) is 3.29. The van der Waals surface area contributed by atoms with E-state index in [2.05, 4.69) is 22.1 Å².